The Labute approximate surface area is 123 Å². The van der Waals surface area contributed by atoms with E-state index in [0.29, 0.717) is 18.4 Å². The van der Waals surface area contributed by atoms with Gasteiger partial charge in [0.2, 0.25) is 0 Å². The third kappa shape index (κ3) is 4.97. The molecule has 4 nitrogen and oxygen atoms in total. The molecule has 1 atom stereocenters. The summed E-state index contributed by atoms with van der Waals surface area (Å²) in [6.07, 6.45) is 1.06. The first-order valence-electron chi connectivity index (χ1n) is 7.03. The predicted octanol–water partition coefficient (Wildman–Crippen LogP) is 2.88. The second-order valence-electron chi connectivity index (χ2n) is 5.15. The maximum absolute atomic E-state index is 13.1. The number of amides is 2. The summed E-state index contributed by atoms with van der Waals surface area (Å²) in [6.45, 7) is 5.48. The molecular formula is C15H22F2N2O2. The van der Waals surface area contributed by atoms with E-state index in [4.69, 9.17) is 0 Å². The molecule has 0 aliphatic heterocycles. The largest absolute Gasteiger partial charge is 0.388 e. The Kier molecular flexibility index (Phi) is 6.08. The Morgan fingerprint density at radius 3 is 2.43 bits per heavy atom. The number of aliphatic hydroxyl groups is 1. The second kappa shape index (κ2) is 7.36. The maximum Gasteiger partial charge on any atom is 0.315 e. The number of benzene rings is 1. The Hall–Kier alpha value is -1.69. The molecule has 6 heteroatoms. The zero-order valence-corrected chi connectivity index (χ0v) is 12.5. The van der Waals surface area contributed by atoms with Gasteiger partial charge in [-0.15, -0.1) is 0 Å². The SMILES string of the molecule is CCC(O)(CC)CNC(=O)NC(C)c1ccc(F)c(F)c1. The highest BCUT2D eigenvalue weighted by Crippen LogP contribution is 2.16. The molecule has 1 rings (SSSR count). The molecule has 2 amide bonds. The van der Waals surface area contributed by atoms with Crippen molar-refractivity contribution in [2.45, 2.75) is 45.3 Å². The van der Waals surface area contributed by atoms with Gasteiger partial charge < -0.3 is 15.7 Å². The molecule has 118 valence electrons. The van der Waals surface area contributed by atoms with Gasteiger partial charge in [-0.3, -0.25) is 0 Å². The van der Waals surface area contributed by atoms with E-state index in [9.17, 15) is 18.7 Å². The van der Waals surface area contributed by atoms with Crippen LogP contribution < -0.4 is 10.6 Å². The van der Waals surface area contributed by atoms with E-state index in [1.165, 1.54) is 6.07 Å². The van der Waals surface area contributed by atoms with Gasteiger partial charge >= 0.3 is 6.03 Å². The lowest BCUT2D eigenvalue weighted by atomic mass is 9.98. The highest BCUT2D eigenvalue weighted by molar-refractivity contribution is 5.74. The summed E-state index contributed by atoms with van der Waals surface area (Å²) >= 11 is 0. The van der Waals surface area contributed by atoms with Gasteiger partial charge in [0, 0.05) is 6.54 Å². The van der Waals surface area contributed by atoms with Gasteiger partial charge in [0.05, 0.1) is 11.6 Å². The molecule has 3 N–H and O–H groups in total. The van der Waals surface area contributed by atoms with E-state index in [0.717, 1.165) is 12.1 Å². The molecule has 1 aromatic carbocycles. The molecule has 1 aromatic rings. The number of halogens is 2. The Balaban J connectivity index is 2.56. The minimum atomic E-state index is -0.951. The van der Waals surface area contributed by atoms with E-state index in [1.807, 2.05) is 13.8 Å². The van der Waals surface area contributed by atoms with Crippen LogP contribution in [-0.4, -0.2) is 23.3 Å². The number of nitrogens with one attached hydrogen (secondary N) is 2. The predicted molar refractivity (Wildman–Crippen MR) is 76.8 cm³/mol. The third-order valence-electron chi connectivity index (χ3n) is 3.69. The molecule has 1 unspecified atom stereocenters. The van der Waals surface area contributed by atoms with Crippen molar-refractivity contribution in [3.05, 3.63) is 35.4 Å². The number of carbonyl (C=O) groups excluding carboxylic acids is 1. The molecule has 0 bridgehead atoms. The van der Waals surface area contributed by atoms with Gasteiger partial charge in [-0.05, 0) is 37.5 Å². The molecule has 0 radical (unpaired) electrons. The van der Waals surface area contributed by atoms with Crippen LogP contribution in [0.5, 0.6) is 0 Å². The topological polar surface area (TPSA) is 61.4 Å². The fourth-order valence-electron chi connectivity index (χ4n) is 1.86. The van der Waals surface area contributed by atoms with Gasteiger partial charge in [0.25, 0.3) is 0 Å². The molecule has 0 fully saturated rings. The van der Waals surface area contributed by atoms with Crippen LogP contribution in [0.4, 0.5) is 13.6 Å². The van der Waals surface area contributed by atoms with E-state index in [-0.39, 0.29) is 6.54 Å². The van der Waals surface area contributed by atoms with Gasteiger partial charge in [-0.1, -0.05) is 19.9 Å². The van der Waals surface area contributed by atoms with E-state index in [1.54, 1.807) is 6.92 Å². The molecule has 0 heterocycles. The molecule has 21 heavy (non-hydrogen) atoms. The molecule has 0 aliphatic rings. The highest BCUT2D eigenvalue weighted by atomic mass is 19.2. The molecule has 0 saturated heterocycles. The number of hydrogen-bond donors (Lipinski definition) is 3. The molecule has 0 saturated carbocycles. The Morgan fingerprint density at radius 1 is 1.29 bits per heavy atom. The van der Waals surface area contributed by atoms with Crippen LogP contribution in [0.25, 0.3) is 0 Å². The van der Waals surface area contributed by atoms with Crippen molar-refractivity contribution < 1.29 is 18.7 Å². The first-order valence-corrected chi connectivity index (χ1v) is 7.03. The summed E-state index contributed by atoms with van der Waals surface area (Å²) in [5.41, 5.74) is -0.465. The van der Waals surface area contributed by atoms with Crippen molar-refractivity contribution in [3.63, 3.8) is 0 Å². The monoisotopic (exact) mass is 300 g/mol. The average Bonchev–Trinajstić information content (AvgIpc) is 2.47. The van der Waals surface area contributed by atoms with Crippen LogP contribution in [0.3, 0.4) is 0 Å². The number of hydrogen-bond acceptors (Lipinski definition) is 2. The lowest BCUT2D eigenvalue weighted by Gasteiger charge is -2.26. The maximum atomic E-state index is 13.1. The number of rotatable bonds is 6. The van der Waals surface area contributed by atoms with Crippen LogP contribution in [0.2, 0.25) is 0 Å². The second-order valence-corrected chi connectivity index (χ2v) is 5.15. The Morgan fingerprint density at radius 2 is 1.90 bits per heavy atom. The summed E-state index contributed by atoms with van der Waals surface area (Å²) in [5.74, 6) is -1.88. The van der Waals surface area contributed by atoms with Gasteiger partial charge in [0.15, 0.2) is 11.6 Å². The first-order chi connectivity index (χ1) is 9.81. The summed E-state index contributed by atoms with van der Waals surface area (Å²) in [6, 6.07) is 2.55. The first kappa shape index (κ1) is 17.4. The highest BCUT2D eigenvalue weighted by Gasteiger charge is 2.23. The van der Waals surface area contributed by atoms with Crippen molar-refractivity contribution >= 4 is 6.03 Å². The standard InChI is InChI=1S/C15H22F2N2O2/c1-4-15(21,5-2)9-18-14(20)19-10(3)11-6-7-12(16)13(17)8-11/h6-8,10,21H,4-5,9H2,1-3H3,(H2,18,19,20). The van der Waals surface area contributed by atoms with Gasteiger partial charge in [-0.25, -0.2) is 13.6 Å². The quantitative estimate of drug-likeness (QED) is 0.756. The van der Waals surface area contributed by atoms with Crippen molar-refractivity contribution in [3.8, 4) is 0 Å². The van der Waals surface area contributed by atoms with E-state index in [2.05, 4.69) is 10.6 Å². The van der Waals surface area contributed by atoms with Crippen LogP contribution >= 0.6 is 0 Å². The molecule has 0 spiro atoms. The van der Waals surface area contributed by atoms with Crippen molar-refractivity contribution in [2.24, 2.45) is 0 Å². The number of urea groups is 1. The fourth-order valence-corrected chi connectivity index (χ4v) is 1.86. The van der Waals surface area contributed by atoms with Crippen molar-refractivity contribution in [1.29, 1.82) is 0 Å². The molecule has 0 aliphatic carbocycles. The molecule has 0 aromatic heterocycles. The summed E-state index contributed by atoms with van der Waals surface area (Å²) in [7, 11) is 0. The average molecular weight is 300 g/mol. The summed E-state index contributed by atoms with van der Waals surface area (Å²) in [4.78, 5) is 11.8. The zero-order chi connectivity index (χ0) is 16.0. The normalized spacial score (nSPS) is 12.9. The van der Waals surface area contributed by atoms with Crippen LogP contribution in [0, 0.1) is 11.6 Å². The lowest BCUT2D eigenvalue weighted by Crippen LogP contribution is -2.46. The van der Waals surface area contributed by atoms with E-state index >= 15 is 0 Å². The van der Waals surface area contributed by atoms with Crippen LogP contribution in [-0.2, 0) is 0 Å². The van der Waals surface area contributed by atoms with E-state index < -0.39 is 29.3 Å². The summed E-state index contributed by atoms with van der Waals surface area (Å²) < 4.78 is 26.0. The fraction of sp³-hybridized carbons (Fsp3) is 0.533. The molecular weight excluding hydrogens is 278 g/mol. The van der Waals surface area contributed by atoms with Crippen molar-refractivity contribution in [1.82, 2.24) is 10.6 Å². The van der Waals surface area contributed by atoms with Crippen LogP contribution in [0.15, 0.2) is 18.2 Å². The smallest absolute Gasteiger partial charge is 0.315 e. The van der Waals surface area contributed by atoms with Gasteiger partial charge in [-0.2, -0.15) is 0 Å². The third-order valence-corrected chi connectivity index (χ3v) is 3.69. The van der Waals surface area contributed by atoms with Gasteiger partial charge in [0.1, 0.15) is 0 Å². The minimum absolute atomic E-state index is 0.135. The van der Waals surface area contributed by atoms with Crippen molar-refractivity contribution in [2.75, 3.05) is 6.54 Å². The van der Waals surface area contributed by atoms with Crippen LogP contribution in [0.1, 0.15) is 45.2 Å². The zero-order valence-electron chi connectivity index (χ0n) is 12.5. The minimum Gasteiger partial charge on any atom is -0.388 e. The lowest BCUT2D eigenvalue weighted by molar-refractivity contribution is 0.0349. The summed E-state index contributed by atoms with van der Waals surface area (Å²) in [5, 5.41) is 15.3. The number of carbonyl (C=O) groups is 1. The Bertz CT molecular complexity index is 491.